The maximum absolute atomic E-state index is 10.9. The van der Waals surface area contributed by atoms with Crippen molar-refractivity contribution in [3.05, 3.63) is 56.2 Å². The summed E-state index contributed by atoms with van der Waals surface area (Å²) in [6.07, 6.45) is 0. The molecule has 2 aromatic rings. The van der Waals surface area contributed by atoms with Crippen molar-refractivity contribution in [1.82, 2.24) is 5.32 Å². The Balaban J connectivity index is 2.01. The highest BCUT2D eigenvalue weighted by molar-refractivity contribution is 7.14. The lowest BCUT2D eigenvalue weighted by atomic mass is 10.1. The van der Waals surface area contributed by atoms with E-state index in [1.54, 1.807) is 6.07 Å². The van der Waals surface area contributed by atoms with Crippen LogP contribution in [-0.4, -0.2) is 11.1 Å². The lowest BCUT2D eigenvalue weighted by Crippen LogP contribution is -2.18. The van der Waals surface area contributed by atoms with Crippen LogP contribution in [0.4, 0.5) is 0 Å². The summed E-state index contributed by atoms with van der Waals surface area (Å²) in [6, 6.07) is 9.64. The molecule has 0 amide bonds. The number of aromatic carboxylic acids is 1. The number of carboxylic acid groups (broad SMARTS) is 1. The minimum atomic E-state index is -0.866. The van der Waals surface area contributed by atoms with Gasteiger partial charge in [-0.3, -0.25) is 0 Å². The SMILES string of the molecule is Cc1sc(C(=O)O)cc1CN[C@H](C)c1ccc(Cl)cc1. The van der Waals surface area contributed by atoms with Gasteiger partial charge in [0.15, 0.2) is 0 Å². The lowest BCUT2D eigenvalue weighted by Gasteiger charge is -2.14. The quantitative estimate of drug-likeness (QED) is 0.867. The summed E-state index contributed by atoms with van der Waals surface area (Å²) < 4.78 is 0. The summed E-state index contributed by atoms with van der Waals surface area (Å²) in [5.74, 6) is -0.866. The predicted molar refractivity (Wildman–Crippen MR) is 82.7 cm³/mol. The minimum absolute atomic E-state index is 0.180. The molecular weight excluding hydrogens is 294 g/mol. The molecule has 2 N–H and O–H groups in total. The van der Waals surface area contributed by atoms with E-state index < -0.39 is 5.97 Å². The minimum Gasteiger partial charge on any atom is -0.477 e. The van der Waals surface area contributed by atoms with Gasteiger partial charge in [0, 0.05) is 22.5 Å². The van der Waals surface area contributed by atoms with Crippen molar-refractivity contribution < 1.29 is 9.90 Å². The first kappa shape index (κ1) is 15.0. The van der Waals surface area contributed by atoms with Crippen LogP contribution in [-0.2, 0) is 6.54 Å². The Kier molecular flexibility index (Phi) is 4.81. The number of hydrogen-bond donors (Lipinski definition) is 2. The summed E-state index contributed by atoms with van der Waals surface area (Å²) in [4.78, 5) is 12.4. The highest BCUT2D eigenvalue weighted by Crippen LogP contribution is 2.23. The van der Waals surface area contributed by atoms with Crippen molar-refractivity contribution in [3.63, 3.8) is 0 Å². The zero-order chi connectivity index (χ0) is 14.7. The number of rotatable bonds is 5. The van der Waals surface area contributed by atoms with Crippen molar-refractivity contribution in [2.75, 3.05) is 0 Å². The van der Waals surface area contributed by atoms with E-state index in [4.69, 9.17) is 16.7 Å². The second-order valence-electron chi connectivity index (χ2n) is 4.65. The van der Waals surface area contributed by atoms with Gasteiger partial charge in [0.25, 0.3) is 0 Å². The molecule has 0 unspecified atom stereocenters. The number of halogens is 1. The number of carboxylic acids is 1. The molecule has 0 spiro atoms. The summed E-state index contributed by atoms with van der Waals surface area (Å²) in [7, 11) is 0. The van der Waals surface area contributed by atoms with E-state index in [0.29, 0.717) is 11.4 Å². The third-order valence-electron chi connectivity index (χ3n) is 3.20. The maximum Gasteiger partial charge on any atom is 0.345 e. The molecule has 0 radical (unpaired) electrons. The standard InChI is InChI=1S/C15H16ClNO2S/c1-9(11-3-5-13(16)6-4-11)17-8-12-7-14(15(18)19)20-10(12)2/h3-7,9,17H,8H2,1-2H3,(H,18,19)/t9-/m1/s1. The molecule has 0 bridgehead atoms. The maximum atomic E-state index is 10.9. The Bertz CT molecular complexity index is 607. The second-order valence-corrected chi connectivity index (χ2v) is 6.34. The molecule has 0 aliphatic rings. The summed E-state index contributed by atoms with van der Waals surface area (Å²) in [6.45, 7) is 4.67. The first-order valence-corrected chi connectivity index (χ1v) is 7.48. The molecule has 0 saturated heterocycles. The van der Waals surface area contributed by atoms with Crippen molar-refractivity contribution in [1.29, 1.82) is 0 Å². The van der Waals surface area contributed by atoms with E-state index in [1.165, 1.54) is 11.3 Å². The van der Waals surface area contributed by atoms with Crippen LogP contribution in [0.5, 0.6) is 0 Å². The molecule has 1 heterocycles. The molecule has 0 aliphatic heterocycles. The Morgan fingerprint density at radius 3 is 2.60 bits per heavy atom. The van der Waals surface area contributed by atoms with Crippen LogP contribution in [0, 0.1) is 6.92 Å². The van der Waals surface area contributed by atoms with Crippen LogP contribution in [0.1, 0.15) is 38.6 Å². The largest absolute Gasteiger partial charge is 0.477 e. The number of hydrogen-bond acceptors (Lipinski definition) is 3. The van der Waals surface area contributed by atoms with E-state index in [2.05, 4.69) is 12.2 Å². The molecule has 20 heavy (non-hydrogen) atoms. The molecule has 2 rings (SSSR count). The number of nitrogens with one attached hydrogen (secondary N) is 1. The second kappa shape index (κ2) is 6.39. The molecule has 0 aliphatic carbocycles. The van der Waals surface area contributed by atoms with Gasteiger partial charge < -0.3 is 10.4 Å². The smallest absolute Gasteiger partial charge is 0.345 e. The van der Waals surface area contributed by atoms with Crippen molar-refractivity contribution >= 4 is 28.9 Å². The first-order valence-electron chi connectivity index (χ1n) is 6.29. The zero-order valence-electron chi connectivity index (χ0n) is 11.3. The van der Waals surface area contributed by atoms with Crippen LogP contribution >= 0.6 is 22.9 Å². The summed E-state index contributed by atoms with van der Waals surface area (Å²) in [5, 5.41) is 13.1. The normalized spacial score (nSPS) is 12.3. The molecule has 106 valence electrons. The molecular formula is C15H16ClNO2S. The number of aryl methyl sites for hydroxylation is 1. The molecule has 0 saturated carbocycles. The number of carbonyl (C=O) groups is 1. The van der Waals surface area contributed by atoms with Crippen LogP contribution in [0.25, 0.3) is 0 Å². The molecule has 1 aromatic heterocycles. The average molecular weight is 310 g/mol. The fourth-order valence-electron chi connectivity index (χ4n) is 1.93. The average Bonchev–Trinajstić information content (AvgIpc) is 2.78. The Morgan fingerprint density at radius 1 is 1.40 bits per heavy atom. The zero-order valence-corrected chi connectivity index (χ0v) is 12.9. The van der Waals surface area contributed by atoms with Gasteiger partial charge >= 0.3 is 5.97 Å². The van der Waals surface area contributed by atoms with Crippen LogP contribution in [0.2, 0.25) is 5.02 Å². The third-order valence-corrected chi connectivity index (χ3v) is 4.53. The van der Waals surface area contributed by atoms with Crippen molar-refractivity contribution in [2.45, 2.75) is 26.4 Å². The molecule has 1 aromatic carbocycles. The summed E-state index contributed by atoms with van der Waals surface area (Å²) in [5.41, 5.74) is 2.19. The van der Waals surface area contributed by atoms with Gasteiger partial charge in [-0.15, -0.1) is 11.3 Å². The molecule has 5 heteroatoms. The number of thiophene rings is 1. The van der Waals surface area contributed by atoms with E-state index in [9.17, 15) is 4.79 Å². The third kappa shape index (κ3) is 3.60. The van der Waals surface area contributed by atoms with E-state index in [1.807, 2.05) is 31.2 Å². The van der Waals surface area contributed by atoms with Gasteiger partial charge in [0.1, 0.15) is 4.88 Å². The number of benzene rings is 1. The Morgan fingerprint density at radius 2 is 2.05 bits per heavy atom. The fraction of sp³-hybridized carbons (Fsp3) is 0.267. The van der Waals surface area contributed by atoms with Gasteiger partial charge in [-0.05, 0) is 43.2 Å². The molecule has 0 fully saturated rings. The van der Waals surface area contributed by atoms with Gasteiger partial charge in [0.2, 0.25) is 0 Å². The van der Waals surface area contributed by atoms with E-state index in [0.717, 1.165) is 21.0 Å². The van der Waals surface area contributed by atoms with Crippen molar-refractivity contribution in [2.24, 2.45) is 0 Å². The Labute approximate surface area is 127 Å². The highest BCUT2D eigenvalue weighted by Gasteiger charge is 2.12. The van der Waals surface area contributed by atoms with Crippen LogP contribution < -0.4 is 5.32 Å². The molecule has 1 atom stereocenters. The monoisotopic (exact) mass is 309 g/mol. The van der Waals surface area contributed by atoms with Gasteiger partial charge in [0.05, 0.1) is 0 Å². The van der Waals surface area contributed by atoms with Crippen molar-refractivity contribution in [3.8, 4) is 0 Å². The summed E-state index contributed by atoms with van der Waals surface area (Å²) >= 11 is 7.18. The lowest BCUT2D eigenvalue weighted by molar-refractivity contribution is 0.0702. The first-order chi connectivity index (χ1) is 9.47. The van der Waals surface area contributed by atoms with E-state index in [-0.39, 0.29) is 6.04 Å². The predicted octanol–water partition coefficient (Wildman–Crippen LogP) is 4.26. The van der Waals surface area contributed by atoms with Gasteiger partial charge in [-0.1, -0.05) is 23.7 Å². The van der Waals surface area contributed by atoms with Crippen LogP contribution in [0.15, 0.2) is 30.3 Å². The highest BCUT2D eigenvalue weighted by atomic mass is 35.5. The fourth-order valence-corrected chi connectivity index (χ4v) is 2.94. The van der Waals surface area contributed by atoms with E-state index >= 15 is 0 Å². The van der Waals surface area contributed by atoms with Crippen LogP contribution in [0.3, 0.4) is 0 Å². The molecule has 3 nitrogen and oxygen atoms in total. The topological polar surface area (TPSA) is 49.3 Å². The van der Waals surface area contributed by atoms with Gasteiger partial charge in [-0.2, -0.15) is 0 Å². The Hall–Kier alpha value is -1.36. The van der Waals surface area contributed by atoms with Gasteiger partial charge in [-0.25, -0.2) is 4.79 Å².